The minimum atomic E-state index is -0.996. The molecule has 0 radical (unpaired) electrons. The van der Waals surface area contributed by atoms with Gasteiger partial charge in [-0.05, 0) is 13.0 Å². The third kappa shape index (κ3) is 1.58. The first-order chi connectivity index (χ1) is 6.66. The van der Waals surface area contributed by atoms with Crippen molar-refractivity contribution in [1.82, 2.24) is 15.3 Å². The number of nitrogens with one attached hydrogen (secondary N) is 1. The molecular formula is C9H11N3O2. The fraction of sp³-hybridized carbons (Fsp3) is 0.444. The van der Waals surface area contributed by atoms with Crippen molar-refractivity contribution in [2.24, 2.45) is 0 Å². The largest absolute Gasteiger partial charge is 0.477 e. The van der Waals surface area contributed by atoms with Gasteiger partial charge in [0.25, 0.3) is 0 Å². The highest BCUT2D eigenvalue weighted by molar-refractivity contribution is 5.85. The molecule has 1 aliphatic heterocycles. The van der Waals surface area contributed by atoms with Crippen LogP contribution in [-0.4, -0.2) is 34.1 Å². The molecule has 2 N–H and O–H groups in total. The van der Waals surface area contributed by atoms with E-state index in [4.69, 9.17) is 5.11 Å². The molecule has 74 valence electrons. The molecule has 0 bridgehead atoms. The molecule has 2 heterocycles. The zero-order valence-corrected chi connectivity index (χ0v) is 7.82. The van der Waals surface area contributed by atoms with E-state index in [0.717, 1.165) is 13.1 Å². The molecule has 1 aromatic heterocycles. The molecule has 0 unspecified atom stereocenters. The first kappa shape index (κ1) is 9.08. The van der Waals surface area contributed by atoms with Crippen molar-refractivity contribution < 1.29 is 9.90 Å². The lowest BCUT2D eigenvalue weighted by molar-refractivity contribution is 0.0689. The maximum atomic E-state index is 10.7. The van der Waals surface area contributed by atoms with Crippen LogP contribution in [0, 0.1) is 6.92 Å². The Balaban J connectivity index is 2.35. The van der Waals surface area contributed by atoms with E-state index in [-0.39, 0.29) is 11.6 Å². The zero-order chi connectivity index (χ0) is 10.1. The molecule has 0 aromatic carbocycles. The molecule has 0 saturated carbocycles. The number of carboxylic acids is 1. The van der Waals surface area contributed by atoms with Gasteiger partial charge in [-0.15, -0.1) is 0 Å². The van der Waals surface area contributed by atoms with Gasteiger partial charge in [0, 0.05) is 24.7 Å². The lowest BCUT2D eigenvalue weighted by Gasteiger charge is -2.25. The van der Waals surface area contributed by atoms with Crippen LogP contribution in [0.5, 0.6) is 0 Å². The van der Waals surface area contributed by atoms with E-state index in [1.54, 1.807) is 6.92 Å². The van der Waals surface area contributed by atoms with Crippen molar-refractivity contribution in [1.29, 1.82) is 0 Å². The summed E-state index contributed by atoms with van der Waals surface area (Å²) in [5, 5.41) is 11.9. The average Bonchev–Trinajstić information content (AvgIpc) is 1.99. The van der Waals surface area contributed by atoms with Crippen LogP contribution in [0.15, 0.2) is 6.07 Å². The highest BCUT2D eigenvalue weighted by atomic mass is 16.4. The Morgan fingerprint density at radius 2 is 2.29 bits per heavy atom. The van der Waals surface area contributed by atoms with Gasteiger partial charge < -0.3 is 10.4 Å². The Hall–Kier alpha value is -1.49. The van der Waals surface area contributed by atoms with E-state index in [9.17, 15) is 4.79 Å². The van der Waals surface area contributed by atoms with Crippen LogP contribution < -0.4 is 5.32 Å². The summed E-state index contributed by atoms with van der Waals surface area (Å²) in [6, 6.07) is 1.48. The Morgan fingerprint density at radius 1 is 1.57 bits per heavy atom. The summed E-state index contributed by atoms with van der Waals surface area (Å²) in [6.07, 6.45) is 0. The number of carbonyl (C=O) groups is 1. The molecule has 2 rings (SSSR count). The van der Waals surface area contributed by atoms with Gasteiger partial charge in [0.1, 0.15) is 5.82 Å². The molecule has 1 saturated heterocycles. The smallest absolute Gasteiger partial charge is 0.354 e. The average molecular weight is 193 g/mol. The van der Waals surface area contributed by atoms with Crippen molar-refractivity contribution in [3.05, 3.63) is 23.3 Å². The van der Waals surface area contributed by atoms with E-state index < -0.39 is 5.97 Å². The fourth-order valence-electron chi connectivity index (χ4n) is 1.35. The van der Waals surface area contributed by atoms with Crippen molar-refractivity contribution in [3.8, 4) is 0 Å². The number of nitrogens with zero attached hydrogens (tertiary/aromatic N) is 2. The third-order valence-electron chi connectivity index (χ3n) is 2.24. The van der Waals surface area contributed by atoms with Crippen LogP contribution in [0.3, 0.4) is 0 Å². The van der Waals surface area contributed by atoms with Crippen LogP contribution >= 0.6 is 0 Å². The van der Waals surface area contributed by atoms with Gasteiger partial charge in [-0.3, -0.25) is 0 Å². The van der Waals surface area contributed by atoms with Gasteiger partial charge in [-0.25, -0.2) is 14.8 Å². The molecule has 14 heavy (non-hydrogen) atoms. The Labute approximate surface area is 81.2 Å². The molecule has 5 heteroatoms. The number of aryl methyl sites for hydroxylation is 1. The first-order valence-electron chi connectivity index (χ1n) is 4.46. The highest BCUT2D eigenvalue weighted by Crippen LogP contribution is 2.16. The Morgan fingerprint density at radius 3 is 2.79 bits per heavy atom. The summed E-state index contributed by atoms with van der Waals surface area (Å²) in [4.78, 5) is 19.0. The zero-order valence-electron chi connectivity index (χ0n) is 7.82. The lowest BCUT2D eigenvalue weighted by Crippen LogP contribution is -2.41. The second-order valence-electron chi connectivity index (χ2n) is 3.41. The van der Waals surface area contributed by atoms with Gasteiger partial charge in [0.15, 0.2) is 5.69 Å². The number of rotatable bonds is 2. The number of carboxylic acid groups (broad SMARTS) is 1. The highest BCUT2D eigenvalue weighted by Gasteiger charge is 2.23. The van der Waals surface area contributed by atoms with Crippen molar-refractivity contribution in [2.45, 2.75) is 12.8 Å². The number of hydrogen-bond acceptors (Lipinski definition) is 4. The minimum absolute atomic E-state index is 0.0828. The Kier molecular flexibility index (Phi) is 2.17. The summed E-state index contributed by atoms with van der Waals surface area (Å²) in [5.74, 6) is -0.0850. The molecule has 1 fully saturated rings. The summed E-state index contributed by atoms with van der Waals surface area (Å²) in [6.45, 7) is 3.45. The van der Waals surface area contributed by atoms with E-state index in [1.165, 1.54) is 6.07 Å². The standard InChI is InChI=1S/C9H11N3O2/c1-5-2-7(9(13)14)12-8(11-5)6-3-10-4-6/h2,6,10H,3-4H2,1H3,(H,13,14). The van der Waals surface area contributed by atoms with Gasteiger partial charge in [-0.1, -0.05) is 0 Å². The molecule has 1 aromatic rings. The Bertz CT molecular complexity index is 374. The fourth-order valence-corrected chi connectivity index (χ4v) is 1.35. The second kappa shape index (κ2) is 3.34. The summed E-state index contributed by atoms with van der Waals surface area (Å²) < 4.78 is 0. The van der Waals surface area contributed by atoms with Crippen LogP contribution in [0.25, 0.3) is 0 Å². The van der Waals surface area contributed by atoms with Gasteiger partial charge in [0.2, 0.25) is 0 Å². The maximum absolute atomic E-state index is 10.7. The van der Waals surface area contributed by atoms with Crippen LogP contribution in [0.4, 0.5) is 0 Å². The predicted molar refractivity (Wildman–Crippen MR) is 49.3 cm³/mol. The molecule has 0 aliphatic carbocycles. The van der Waals surface area contributed by atoms with Crippen LogP contribution in [-0.2, 0) is 0 Å². The van der Waals surface area contributed by atoms with Gasteiger partial charge >= 0.3 is 5.97 Å². The third-order valence-corrected chi connectivity index (χ3v) is 2.24. The van der Waals surface area contributed by atoms with Crippen molar-refractivity contribution in [2.75, 3.05) is 13.1 Å². The number of hydrogen-bond donors (Lipinski definition) is 2. The first-order valence-corrected chi connectivity index (χ1v) is 4.46. The molecule has 5 nitrogen and oxygen atoms in total. The topological polar surface area (TPSA) is 75.1 Å². The SMILES string of the molecule is Cc1cc(C(=O)O)nc(C2CNC2)n1. The van der Waals surface area contributed by atoms with Crippen molar-refractivity contribution >= 4 is 5.97 Å². The van der Waals surface area contributed by atoms with Gasteiger partial charge in [-0.2, -0.15) is 0 Å². The maximum Gasteiger partial charge on any atom is 0.354 e. The number of aromatic nitrogens is 2. The monoisotopic (exact) mass is 193 g/mol. The summed E-state index contributed by atoms with van der Waals surface area (Å²) >= 11 is 0. The summed E-state index contributed by atoms with van der Waals surface area (Å²) in [5.41, 5.74) is 0.790. The van der Waals surface area contributed by atoms with Gasteiger partial charge in [0.05, 0.1) is 0 Å². The molecular weight excluding hydrogens is 182 g/mol. The number of aromatic carboxylic acids is 1. The molecule has 0 amide bonds. The predicted octanol–water partition coefficient (Wildman–Crippen LogP) is 0.170. The van der Waals surface area contributed by atoms with E-state index in [0.29, 0.717) is 11.5 Å². The van der Waals surface area contributed by atoms with E-state index in [1.807, 2.05) is 0 Å². The quantitative estimate of drug-likeness (QED) is 0.700. The molecule has 1 aliphatic rings. The second-order valence-corrected chi connectivity index (χ2v) is 3.41. The normalized spacial score (nSPS) is 16.4. The molecule has 0 spiro atoms. The van der Waals surface area contributed by atoms with Crippen LogP contribution in [0.2, 0.25) is 0 Å². The van der Waals surface area contributed by atoms with E-state index >= 15 is 0 Å². The summed E-state index contributed by atoms with van der Waals surface area (Å²) in [7, 11) is 0. The van der Waals surface area contributed by atoms with Crippen LogP contribution in [0.1, 0.15) is 27.9 Å². The van der Waals surface area contributed by atoms with Crippen molar-refractivity contribution in [3.63, 3.8) is 0 Å². The minimum Gasteiger partial charge on any atom is -0.477 e. The van der Waals surface area contributed by atoms with E-state index in [2.05, 4.69) is 15.3 Å². The molecule has 0 atom stereocenters. The lowest BCUT2D eigenvalue weighted by atomic mass is 10.0.